The molecule has 0 aliphatic carbocycles. The van der Waals surface area contributed by atoms with Gasteiger partial charge >= 0.3 is 0 Å². The van der Waals surface area contributed by atoms with Gasteiger partial charge in [-0.1, -0.05) is 6.07 Å². The molecule has 0 radical (unpaired) electrons. The van der Waals surface area contributed by atoms with E-state index < -0.39 is 15.9 Å². The Morgan fingerprint density at radius 2 is 2.00 bits per heavy atom. The van der Waals surface area contributed by atoms with Gasteiger partial charge in [0.1, 0.15) is 5.75 Å². The van der Waals surface area contributed by atoms with Crippen LogP contribution in [0.5, 0.6) is 5.75 Å². The molecule has 148 valence electrons. The van der Waals surface area contributed by atoms with Crippen LogP contribution in [0, 0.1) is 6.92 Å². The van der Waals surface area contributed by atoms with Crippen LogP contribution in [0.15, 0.2) is 41.3 Å². The number of carbonyl (C=O) groups is 2. The molecule has 1 aliphatic rings. The van der Waals surface area contributed by atoms with Crippen LogP contribution in [0.4, 0.5) is 11.4 Å². The van der Waals surface area contributed by atoms with Crippen LogP contribution in [0.1, 0.15) is 28.8 Å². The Balaban J connectivity index is 2.00. The van der Waals surface area contributed by atoms with Gasteiger partial charge in [-0.3, -0.25) is 14.3 Å². The fraction of sp³-hybridized carbons (Fsp3) is 0.263. The van der Waals surface area contributed by atoms with E-state index in [1.165, 1.54) is 36.3 Å². The van der Waals surface area contributed by atoms with Crippen molar-refractivity contribution in [2.75, 3.05) is 23.3 Å². The minimum atomic E-state index is -3.97. The zero-order valence-corrected chi connectivity index (χ0v) is 16.4. The Bertz CT molecular complexity index is 1050. The lowest BCUT2D eigenvalue weighted by Crippen LogP contribution is -2.25. The van der Waals surface area contributed by atoms with Crippen LogP contribution in [-0.2, 0) is 14.8 Å². The van der Waals surface area contributed by atoms with E-state index in [9.17, 15) is 18.0 Å². The first-order valence-electron chi connectivity index (χ1n) is 8.65. The maximum atomic E-state index is 12.9. The van der Waals surface area contributed by atoms with Gasteiger partial charge in [-0.15, -0.1) is 0 Å². The number of hydrogen-bond donors (Lipinski definition) is 2. The van der Waals surface area contributed by atoms with Gasteiger partial charge in [0.25, 0.3) is 10.0 Å². The molecule has 1 heterocycles. The molecule has 2 aromatic rings. The minimum absolute atomic E-state index is 0.0214. The van der Waals surface area contributed by atoms with E-state index in [-0.39, 0.29) is 22.1 Å². The summed E-state index contributed by atoms with van der Waals surface area (Å²) in [6.45, 7) is 2.12. The molecule has 0 bridgehead atoms. The predicted molar refractivity (Wildman–Crippen MR) is 105 cm³/mol. The molecule has 2 amide bonds. The van der Waals surface area contributed by atoms with Crippen LogP contribution in [-0.4, -0.2) is 33.9 Å². The van der Waals surface area contributed by atoms with Crippen LogP contribution in [0.25, 0.3) is 0 Å². The predicted octanol–water partition coefficient (Wildman–Crippen LogP) is 2.03. The minimum Gasteiger partial charge on any atom is -0.495 e. The Kier molecular flexibility index (Phi) is 5.28. The van der Waals surface area contributed by atoms with Crippen molar-refractivity contribution in [1.82, 2.24) is 0 Å². The molecule has 2 aromatic carbocycles. The maximum Gasteiger partial charge on any atom is 0.261 e. The smallest absolute Gasteiger partial charge is 0.261 e. The maximum absolute atomic E-state index is 12.9. The largest absolute Gasteiger partial charge is 0.495 e. The highest BCUT2D eigenvalue weighted by molar-refractivity contribution is 7.92. The Morgan fingerprint density at radius 1 is 1.25 bits per heavy atom. The van der Waals surface area contributed by atoms with Crippen LogP contribution < -0.4 is 20.1 Å². The molecule has 1 aliphatic heterocycles. The van der Waals surface area contributed by atoms with Gasteiger partial charge in [-0.2, -0.15) is 0 Å². The van der Waals surface area contributed by atoms with Gasteiger partial charge in [0.05, 0.1) is 23.4 Å². The van der Waals surface area contributed by atoms with Crippen LogP contribution in [0.3, 0.4) is 0 Å². The number of carbonyl (C=O) groups excluding carboxylic acids is 2. The number of anilines is 2. The van der Waals surface area contributed by atoms with Crippen molar-refractivity contribution in [3.05, 3.63) is 47.5 Å². The second-order valence-corrected chi connectivity index (χ2v) is 8.11. The summed E-state index contributed by atoms with van der Waals surface area (Å²) in [6, 6.07) is 8.96. The second kappa shape index (κ2) is 7.51. The van der Waals surface area contributed by atoms with Crippen LogP contribution >= 0.6 is 0 Å². The molecule has 1 fully saturated rings. The van der Waals surface area contributed by atoms with Crippen LogP contribution in [0.2, 0.25) is 0 Å². The number of ether oxygens (including phenoxy) is 1. The number of primary amides is 1. The van der Waals surface area contributed by atoms with Crippen molar-refractivity contribution in [3.8, 4) is 5.75 Å². The monoisotopic (exact) mass is 403 g/mol. The molecule has 0 spiro atoms. The van der Waals surface area contributed by atoms with Gasteiger partial charge in [0.2, 0.25) is 11.8 Å². The number of nitrogens with two attached hydrogens (primary N) is 1. The standard InChI is InChI=1S/C19H21N3O5S/c1-12-14(19(20)24)5-3-6-15(12)21-28(25,26)13-8-9-17(27-2)16(11-13)22-10-4-7-18(22)23/h3,5-6,8-9,11,21H,4,7,10H2,1-2H3,(H2,20,24). The summed E-state index contributed by atoms with van der Waals surface area (Å²) in [6.07, 6.45) is 1.12. The van der Waals surface area contributed by atoms with E-state index >= 15 is 0 Å². The second-order valence-electron chi connectivity index (χ2n) is 6.43. The molecular formula is C19H21N3O5S. The normalized spacial score (nSPS) is 14.2. The molecule has 9 heteroatoms. The number of hydrogen-bond acceptors (Lipinski definition) is 5. The Hall–Kier alpha value is -3.07. The summed E-state index contributed by atoms with van der Waals surface area (Å²) in [5.74, 6) is -0.301. The Morgan fingerprint density at radius 3 is 2.61 bits per heavy atom. The summed E-state index contributed by atoms with van der Waals surface area (Å²) in [5.41, 5.74) is 6.66. The molecule has 0 unspecified atom stereocenters. The highest BCUT2D eigenvalue weighted by atomic mass is 32.2. The van der Waals surface area contributed by atoms with Crippen molar-refractivity contribution < 1.29 is 22.7 Å². The average molecular weight is 403 g/mol. The van der Waals surface area contributed by atoms with Crippen molar-refractivity contribution in [1.29, 1.82) is 0 Å². The quantitative estimate of drug-likeness (QED) is 0.765. The summed E-state index contributed by atoms with van der Waals surface area (Å²) < 4.78 is 33.6. The third-order valence-electron chi connectivity index (χ3n) is 4.67. The number of rotatable bonds is 6. The highest BCUT2D eigenvalue weighted by Crippen LogP contribution is 2.34. The van der Waals surface area contributed by atoms with Gasteiger partial charge in [-0.25, -0.2) is 8.42 Å². The Labute approximate surface area is 163 Å². The average Bonchev–Trinajstić information content (AvgIpc) is 3.08. The summed E-state index contributed by atoms with van der Waals surface area (Å²) in [7, 11) is -2.51. The number of nitrogens with one attached hydrogen (secondary N) is 1. The lowest BCUT2D eigenvalue weighted by molar-refractivity contribution is -0.117. The molecule has 3 N–H and O–H groups in total. The van der Waals surface area contributed by atoms with E-state index in [1.54, 1.807) is 19.1 Å². The van der Waals surface area contributed by atoms with E-state index in [0.29, 0.717) is 36.4 Å². The van der Waals surface area contributed by atoms with Crippen molar-refractivity contribution >= 4 is 33.2 Å². The topological polar surface area (TPSA) is 119 Å². The van der Waals surface area contributed by atoms with E-state index in [1.807, 2.05) is 0 Å². The van der Waals surface area contributed by atoms with Crippen molar-refractivity contribution in [3.63, 3.8) is 0 Å². The van der Waals surface area contributed by atoms with E-state index in [0.717, 1.165) is 0 Å². The van der Waals surface area contributed by atoms with Gasteiger partial charge in [0.15, 0.2) is 0 Å². The number of nitrogens with zero attached hydrogens (tertiary/aromatic N) is 1. The first-order valence-corrected chi connectivity index (χ1v) is 10.1. The summed E-state index contributed by atoms with van der Waals surface area (Å²) >= 11 is 0. The fourth-order valence-electron chi connectivity index (χ4n) is 3.17. The van der Waals surface area contributed by atoms with Crippen molar-refractivity contribution in [2.45, 2.75) is 24.7 Å². The number of sulfonamides is 1. The lowest BCUT2D eigenvalue weighted by atomic mass is 10.1. The number of methoxy groups -OCH3 is 1. The first-order chi connectivity index (χ1) is 13.2. The molecule has 0 saturated carbocycles. The van der Waals surface area contributed by atoms with E-state index in [2.05, 4.69) is 4.72 Å². The SMILES string of the molecule is COc1ccc(S(=O)(=O)Nc2cccc(C(N)=O)c2C)cc1N1CCCC1=O. The molecule has 8 nitrogen and oxygen atoms in total. The summed E-state index contributed by atoms with van der Waals surface area (Å²) in [5, 5.41) is 0. The molecule has 0 atom stereocenters. The van der Waals surface area contributed by atoms with Gasteiger partial charge in [-0.05, 0) is 49.2 Å². The zero-order chi connectivity index (χ0) is 20.5. The van der Waals surface area contributed by atoms with Gasteiger partial charge < -0.3 is 15.4 Å². The molecule has 3 rings (SSSR count). The molecule has 0 aromatic heterocycles. The molecule has 1 saturated heterocycles. The third kappa shape index (κ3) is 3.65. The fourth-order valence-corrected chi connectivity index (χ4v) is 4.31. The van der Waals surface area contributed by atoms with E-state index in [4.69, 9.17) is 10.5 Å². The zero-order valence-electron chi connectivity index (χ0n) is 15.6. The number of amides is 2. The molecule has 28 heavy (non-hydrogen) atoms. The lowest BCUT2D eigenvalue weighted by Gasteiger charge is -2.20. The van der Waals surface area contributed by atoms with Gasteiger partial charge in [0, 0.05) is 18.5 Å². The van der Waals surface area contributed by atoms with Crippen molar-refractivity contribution in [2.24, 2.45) is 5.73 Å². The molecular weight excluding hydrogens is 382 g/mol. The number of benzene rings is 2. The first kappa shape index (κ1) is 19.7. The highest BCUT2D eigenvalue weighted by Gasteiger charge is 2.27. The summed E-state index contributed by atoms with van der Waals surface area (Å²) in [4.78, 5) is 25.1. The third-order valence-corrected chi connectivity index (χ3v) is 6.03.